The van der Waals surface area contributed by atoms with Gasteiger partial charge in [0.25, 0.3) is 5.91 Å². The Labute approximate surface area is 155 Å². The Morgan fingerprint density at radius 3 is 2.88 bits per heavy atom. The largest absolute Gasteiger partial charge is 0.472 e. The Morgan fingerprint density at radius 1 is 1.46 bits per heavy atom. The van der Waals surface area contributed by atoms with Crippen LogP contribution >= 0.6 is 11.6 Å². The van der Waals surface area contributed by atoms with Gasteiger partial charge in [-0.2, -0.15) is 0 Å². The van der Waals surface area contributed by atoms with Crippen molar-refractivity contribution in [1.82, 2.24) is 15.1 Å². The Bertz CT molecular complexity index is 848. The van der Waals surface area contributed by atoms with Crippen LogP contribution in [-0.2, 0) is 9.63 Å². The van der Waals surface area contributed by atoms with Gasteiger partial charge in [-0.05, 0) is 36.8 Å². The van der Waals surface area contributed by atoms with Crippen LogP contribution in [0.15, 0.2) is 47.3 Å². The maximum Gasteiger partial charge on any atom is 0.273 e. The Kier molecular flexibility index (Phi) is 6.74. The predicted molar refractivity (Wildman–Crippen MR) is 96.3 cm³/mol. The van der Waals surface area contributed by atoms with E-state index in [2.05, 4.69) is 20.4 Å². The van der Waals surface area contributed by atoms with Crippen LogP contribution in [0.4, 0.5) is 4.39 Å². The first-order valence-corrected chi connectivity index (χ1v) is 7.98. The molecule has 0 atom stereocenters. The van der Waals surface area contributed by atoms with Crippen LogP contribution in [0.25, 0.3) is 5.69 Å². The second kappa shape index (κ2) is 9.00. The summed E-state index contributed by atoms with van der Waals surface area (Å²) in [5.74, 6) is -0.498. The SMILES string of the molecule is CNC(=O)C(=NOC)C(C)=CCOc1ccn(-c2ccc(F)c(Cl)c2)n1. The van der Waals surface area contributed by atoms with E-state index in [4.69, 9.17) is 16.3 Å². The zero-order valence-electron chi connectivity index (χ0n) is 14.5. The van der Waals surface area contributed by atoms with Crippen LogP contribution in [0, 0.1) is 5.82 Å². The number of rotatable bonds is 7. The van der Waals surface area contributed by atoms with E-state index in [0.717, 1.165) is 0 Å². The van der Waals surface area contributed by atoms with Crippen molar-refractivity contribution in [2.24, 2.45) is 5.16 Å². The van der Waals surface area contributed by atoms with Crippen LogP contribution in [0.1, 0.15) is 6.92 Å². The molecule has 2 aromatic rings. The molecule has 0 saturated heterocycles. The van der Waals surface area contributed by atoms with Crippen LogP contribution in [-0.4, -0.2) is 42.2 Å². The average molecular weight is 381 g/mol. The van der Waals surface area contributed by atoms with Crippen LogP contribution in [0.5, 0.6) is 5.88 Å². The molecule has 0 radical (unpaired) electrons. The van der Waals surface area contributed by atoms with Crippen molar-refractivity contribution < 1.29 is 18.8 Å². The lowest BCUT2D eigenvalue weighted by Crippen LogP contribution is -2.28. The molecule has 26 heavy (non-hydrogen) atoms. The zero-order chi connectivity index (χ0) is 19.1. The second-order valence-electron chi connectivity index (χ2n) is 5.10. The maximum absolute atomic E-state index is 13.2. The first-order valence-electron chi connectivity index (χ1n) is 7.60. The molecule has 1 aromatic carbocycles. The number of ether oxygens (including phenoxy) is 1. The van der Waals surface area contributed by atoms with E-state index < -0.39 is 5.82 Å². The van der Waals surface area contributed by atoms with Gasteiger partial charge in [0.2, 0.25) is 5.88 Å². The van der Waals surface area contributed by atoms with Crippen LogP contribution in [0.2, 0.25) is 5.02 Å². The van der Waals surface area contributed by atoms with E-state index in [1.54, 1.807) is 31.3 Å². The van der Waals surface area contributed by atoms with E-state index in [0.29, 0.717) is 17.1 Å². The maximum atomic E-state index is 13.2. The molecule has 0 spiro atoms. The van der Waals surface area contributed by atoms with E-state index in [1.807, 2.05) is 0 Å². The lowest BCUT2D eigenvalue weighted by atomic mass is 10.1. The molecule has 2 rings (SSSR count). The smallest absolute Gasteiger partial charge is 0.273 e. The van der Waals surface area contributed by atoms with Crippen molar-refractivity contribution in [3.05, 3.63) is 53.0 Å². The molecule has 0 aliphatic carbocycles. The minimum Gasteiger partial charge on any atom is -0.472 e. The second-order valence-corrected chi connectivity index (χ2v) is 5.50. The summed E-state index contributed by atoms with van der Waals surface area (Å²) in [5, 5.41) is 10.4. The molecule has 7 nitrogen and oxygen atoms in total. The normalized spacial score (nSPS) is 12.0. The summed E-state index contributed by atoms with van der Waals surface area (Å²) in [6.45, 7) is 1.89. The number of hydrogen-bond donors (Lipinski definition) is 1. The fourth-order valence-electron chi connectivity index (χ4n) is 2.01. The quantitative estimate of drug-likeness (QED) is 0.591. The van der Waals surface area contributed by atoms with Gasteiger partial charge in [-0.3, -0.25) is 4.79 Å². The average Bonchev–Trinajstić information content (AvgIpc) is 3.10. The minimum absolute atomic E-state index is 0.0122. The molecule has 0 unspecified atom stereocenters. The monoisotopic (exact) mass is 380 g/mol. The van der Waals surface area contributed by atoms with Crippen LogP contribution < -0.4 is 10.1 Å². The van der Waals surface area contributed by atoms with Crippen LogP contribution in [0.3, 0.4) is 0 Å². The molecule has 0 fully saturated rings. The van der Waals surface area contributed by atoms with Crippen molar-refractivity contribution in [3.63, 3.8) is 0 Å². The molecule has 138 valence electrons. The topological polar surface area (TPSA) is 77.7 Å². The van der Waals surface area contributed by atoms with E-state index in [1.165, 1.54) is 31.0 Å². The number of amides is 1. The first-order chi connectivity index (χ1) is 12.5. The number of aromatic nitrogens is 2. The molecule has 1 aromatic heterocycles. The third-order valence-electron chi connectivity index (χ3n) is 3.35. The summed E-state index contributed by atoms with van der Waals surface area (Å²) in [6.07, 6.45) is 3.35. The third kappa shape index (κ3) is 4.82. The van der Waals surface area contributed by atoms with Crippen molar-refractivity contribution in [1.29, 1.82) is 0 Å². The molecule has 0 aliphatic rings. The number of nitrogens with one attached hydrogen (secondary N) is 1. The van der Waals surface area contributed by atoms with Gasteiger partial charge in [-0.1, -0.05) is 16.8 Å². The van der Waals surface area contributed by atoms with Gasteiger partial charge in [0, 0.05) is 19.3 Å². The minimum atomic E-state index is -0.496. The molecule has 1 N–H and O–H groups in total. The summed E-state index contributed by atoms with van der Waals surface area (Å²) in [4.78, 5) is 16.4. The zero-order valence-corrected chi connectivity index (χ0v) is 15.2. The molecule has 0 bridgehead atoms. The summed E-state index contributed by atoms with van der Waals surface area (Å²) in [7, 11) is 2.87. The molecule has 0 aliphatic heterocycles. The number of nitrogens with zero attached hydrogens (tertiary/aromatic N) is 3. The summed E-state index contributed by atoms with van der Waals surface area (Å²) < 4.78 is 20.3. The fourth-order valence-corrected chi connectivity index (χ4v) is 2.18. The van der Waals surface area contributed by atoms with Gasteiger partial charge < -0.3 is 14.9 Å². The van der Waals surface area contributed by atoms with Crippen molar-refractivity contribution in [3.8, 4) is 11.6 Å². The Morgan fingerprint density at radius 2 is 2.23 bits per heavy atom. The highest BCUT2D eigenvalue weighted by Crippen LogP contribution is 2.19. The molecule has 9 heteroatoms. The highest BCUT2D eigenvalue weighted by atomic mass is 35.5. The van der Waals surface area contributed by atoms with Gasteiger partial charge in [-0.15, -0.1) is 5.10 Å². The number of oxime groups is 1. The first kappa shape index (κ1) is 19.5. The molecule has 1 heterocycles. The third-order valence-corrected chi connectivity index (χ3v) is 3.64. The van der Waals surface area contributed by atoms with Gasteiger partial charge >= 0.3 is 0 Å². The van der Waals surface area contributed by atoms with E-state index >= 15 is 0 Å². The molecular formula is C17H18ClFN4O3. The lowest BCUT2D eigenvalue weighted by molar-refractivity contribution is -0.114. The van der Waals surface area contributed by atoms with E-state index in [9.17, 15) is 9.18 Å². The van der Waals surface area contributed by atoms with Crippen molar-refractivity contribution >= 4 is 23.2 Å². The number of benzene rings is 1. The lowest BCUT2D eigenvalue weighted by Gasteiger charge is -2.05. The predicted octanol–water partition coefficient (Wildman–Crippen LogP) is 2.74. The molecular weight excluding hydrogens is 363 g/mol. The Hall–Kier alpha value is -2.87. The number of carbonyl (C=O) groups excluding carboxylic acids is 1. The molecule has 0 saturated carbocycles. The number of hydrogen-bond acceptors (Lipinski definition) is 5. The standard InChI is InChI=1S/C17H18ClFN4O3/c1-11(16(22-25-3)17(24)20-2)7-9-26-15-6-8-23(21-15)12-4-5-14(19)13(18)10-12/h4-8,10H,9H2,1-3H3,(H,20,24). The van der Waals surface area contributed by atoms with Crippen molar-refractivity contribution in [2.45, 2.75) is 6.92 Å². The number of halogens is 2. The van der Waals surface area contributed by atoms with Crippen molar-refractivity contribution in [2.75, 3.05) is 20.8 Å². The van der Waals surface area contributed by atoms with Gasteiger partial charge in [0.1, 0.15) is 19.5 Å². The van der Waals surface area contributed by atoms with Gasteiger partial charge in [0.15, 0.2) is 5.71 Å². The summed E-state index contributed by atoms with van der Waals surface area (Å²) >= 11 is 5.77. The highest BCUT2D eigenvalue weighted by Gasteiger charge is 2.12. The van der Waals surface area contributed by atoms with Gasteiger partial charge in [0.05, 0.1) is 10.7 Å². The van der Waals surface area contributed by atoms with E-state index in [-0.39, 0.29) is 23.2 Å². The Balaban J connectivity index is 2.04. The fraction of sp³-hybridized carbons (Fsp3) is 0.235. The number of carbonyl (C=O) groups is 1. The van der Waals surface area contributed by atoms with Gasteiger partial charge in [-0.25, -0.2) is 9.07 Å². The summed E-state index contributed by atoms with van der Waals surface area (Å²) in [6, 6.07) is 5.94. The highest BCUT2D eigenvalue weighted by molar-refractivity contribution is 6.44. The summed E-state index contributed by atoms with van der Waals surface area (Å²) in [5.41, 5.74) is 1.35. The molecule has 1 amide bonds.